The fourth-order valence-corrected chi connectivity index (χ4v) is 0. The summed E-state index contributed by atoms with van der Waals surface area (Å²) < 4.78 is -1.72. The Kier molecular flexibility index (Phi) is 7.28. The van der Waals surface area contributed by atoms with Gasteiger partial charge in [-0.05, 0) is 20.8 Å². The third-order valence-corrected chi connectivity index (χ3v) is 1.20. The summed E-state index contributed by atoms with van der Waals surface area (Å²) >= 11 is 15.1. The second-order valence-electron chi connectivity index (χ2n) is 1.96. The Morgan fingerprint density at radius 1 is 1.00 bits per heavy atom. The Hall–Kier alpha value is 0.210. The average Bonchev–Trinajstić information content (AvgIpc) is 1.59. The molecular formula is C6H9Cl3O2. The number of carbonyl (C=O) groups excluding carboxylic acids is 2. The summed E-state index contributed by atoms with van der Waals surface area (Å²) in [5, 5.41) is 0. The molecule has 0 bridgehead atoms. The van der Waals surface area contributed by atoms with Crippen LogP contribution in [-0.2, 0) is 9.59 Å². The topological polar surface area (TPSA) is 34.1 Å². The van der Waals surface area contributed by atoms with Crippen molar-refractivity contribution in [3.8, 4) is 0 Å². The molecule has 0 aromatic rings. The lowest BCUT2D eigenvalue weighted by Gasteiger charge is -2.01. The van der Waals surface area contributed by atoms with E-state index in [-0.39, 0.29) is 5.78 Å². The Balaban J connectivity index is 0. The molecule has 0 aromatic heterocycles. The van der Waals surface area contributed by atoms with Gasteiger partial charge in [0, 0.05) is 0 Å². The predicted octanol–water partition coefficient (Wildman–Crippen LogP) is 2.54. The molecule has 0 aliphatic carbocycles. The van der Waals surface area contributed by atoms with E-state index in [9.17, 15) is 9.59 Å². The van der Waals surface area contributed by atoms with E-state index in [1.807, 2.05) is 0 Å². The summed E-state index contributed by atoms with van der Waals surface area (Å²) in [5.74, 6) is -0.294. The third-order valence-electron chi connectivity index (χ3n) is 0.399. The maximum atomic E-state index is 10.1. The van der Waals surface area contributed by atoms with E-state index in [2.05, 4.69) is 0 Å². The summed E-state index contributed by atoms with van der Waals surface area (Å²) in [7, 11) is 0. The molecule has 2 nitrogen and oxygen atoms in total. The lowest BCUT2D eigenvalue weighted by Crippen LogP contribution is -2.13. The number of alkyl halides is 3. The van der Waals surface area contributed by atoms with Gasteiger partial charge in [0.15, 0.2) is 5.78 Å². The Bertz CT molecular complexity index is 144. The molecule has 0 aliphatic heterocycles. The standard InChI is InChI=1S/C3H3Cl3O.C3H6O/c1-2(7)3(4,5)6;1-3(2)4/h1H3;1-2H3. The molecule has 0 heterocycles. The molecule has 0 N–H and O–H groups in total. The van der Waals surface area contributed by atoms with Gasteiger partial charge in [-0.2, -0.15) is 0 Å². The lowest BCUT2D eigenvalue weighted by molar-refractivity contribution is -0.116. The number of hydrogen-bond acceptors (Lipinski definition) is 2. The quantitative estimate of drug-likeness (QED) is 0.587. The van der Waals surface area contributed by atoms with Crippen LogP contribution in [0.1, 0.15) is 20.8 Å². The van der Waals surface area contributed by atoms with Crippen molar-refractivity contribution >= 4 is 46.4 Å². The minimum atomic E-state index is -1.72. The zero-order valence-corrected chi connectivity index (χ0v) is 8.72. The Labute approximate surface area is 80.8 Å². The van der Waals surface area contributed by atoms with Gasteiger partial charge < -0.3 is 4.79 Å². The van der Waals surface area contributed by atoms with Crippen molar-refractivity contribution in [2.75, 3.05) is 0 Å². The molecule has 0 atom stereocenters. The zero-order chi connectivity index (χ0) is 9.65. The second kappa shape index (κ2) is 5.81. The van der Waals surface area contributed by atoms with E-state index < -0.39 is 9.58 Å². The molecule has 0 amide bonds. The monoisotopic (exact) mass is 218 g/mol. The largest absolute Gasteiger partial charge is 0.300 e. The van der Waals surface area contributed by atoms with Crippen LogP contribution in [0.15, 0.2) is 0 Å². The Morgan fingerprint density at radius 2 is 1.09 bits per heavy atom. The van der Waals surface area contributed by atoms with Crippen LogP contribution in [0.25, 0.3) is 0 Å². The van der Waals surface area contributed by atoms with Crippen molar-refractivity contribution in [1.82, 2.24) is 0 Å². The minimum absolute atomic E-state index is 0.167. The van der Waals surface area contributed by atoms with Crippen LogP contribution >= 0.6 is 34.8 Å². The van der Waals surface area contributed by atoms with Crippen LogP contribution in [0.5, 0.6) is 0 Å². The van der Waals surface area contributed by atoms with Gasteiger partial charge in [0.25, 0.3) is 0 Å². The number of Topliss-reactive ketones (excluding diaryl/α,β-unsaturated/α-hetero) is 2. The van der Waals surface area contributed by atoms with Crippen LogP contribution in [0.4, 0.5) is 0 Å². The van der Waals surface area contributed by atoms with E-state index in [0.717, 1.165) is 0 Å². The summed E-state index contributed by atoms with van der Waals surface area (Å²) in [6.45, 7) is 4.27. The number of carbonyl (C=O) groups is 2. The molecule has 0 aromatic carbocycles. The second-order valence-corrected chi connectivity index (χ2v) is 4.24. The first-order valence-corrected chi connectivity index (χ1v) is 3.86. The van der Waals surface area contributed by atoms with Gasteiger partial charge in [-0.3, -0.25) is 4.79 Å². The highest BCUT2D eigenvalue weighted by molar-refractivity contribution is 6.76. The fraction of sp³-hybridized carbons (Fsp3) is 0.667. The SMILES string of the molecule is CC(=O)C(Cl)(Cl)Cl.CC(C)=O. The van der Waals surface area contributed by atoms with Crippen molar-refractivity contribution in [2.45, 2.75) is 24.6 Å². The predicted molar refractivity (Wildman–Crippen MR) is 47.3 cm³/mol. The summed E-state index contributed by atoms with van der Waals surface area (Å²) in [4.78, 5) is 19.5. The lowest BCUT2D eigenvalue weighted by atomic mass is 10.5. The highest BCUT2D eigenvalue weighted by atomic mass is 35.6. The molecule has 11 heavy (non-hydrogen) atoms. The number of ketones is 2. The summed E-state index contributed by atoms with van der Waals surface area (Å²) in [6.07, 6.45) is 0. The zero-order valence-electron chi connectivity index (χ0n) is 6.45. The first kappa shape index (κ1) is 13.8. The first-order chi connectivity index (χ1) is 4.68. The van der Waals surface area contributed by atoms with Gasteiger partial charge in [0.1, 0.15) is 5.78 Å². The van der Waals surface area contributed by atoms with E-state index in [1.54, 1.807) is 0 Å². The molecule has 0 rings (SSSR count). The van der Waals surface area contributed by atoms with Crippen molar-refractivity contribution in [1.29, 1.82) is 0 Å². The van der Waals surface area contributed by atoms with Crippen LogP contribution in [0.3, 0.4) is 0 Å². The minimum Gasteiger partial charge on any atom is -0.300 e. The van der Waals surface area contributed by atoms with E-state index in [4.69, 9.17) is 34.8 Å². The molecule has 0 saturated carbocycles. The maximum absolute atomic E-state index is 10.1. The van der Waals surface area contributed by atoms with Gasteiger partial charge in [-0.15, -0.1) is 0 Å². The van der Waals surface area contributed by atoms with Gasteiger partial charge in [-0.1, -0.05) is 34.8 Å². The number of hydrogen-bond donors (Lipinski definition) is 0. The maximum Gasteiger partial charge on any atom is 0.248 e. The fourth-order valence-electron chi connectivity index (χ4n) is 0. The first-order valence-electron chi connectivity index (χ1n) is 2.73. The number of halogens is 3. The van der Waals surface area contributed by atoms with Gasteiger partial charge in [0.2, 0.25) is 3.79 Å². The third kappa shape index (κ3) is 17.8. The molecule has 0 aliphatic rings. The molecule has 0 radical (unpaired) electrons. The molecule has 0 spiro atoms. The van der Waals surface area contributed by atoms with E-state index >= 15 is 0 Å². The Morgan fingerprint density at radius 3 is 1.09 bits per heavy atom. The molecule has 5 heteroatoms. The van der Waals surface area contributed by atoms with Crippen molar-refractivity contribution in [2.24, 2.45) is 0 Å². The van der Waals surface area contributed by atoms with Crippen molar-refractivity contribution in [3.05, 3.63) is 0 Å². The highest BCUT2D eigenvalue weighted by Crippen LogP contribution is 2.26. The van der Waals surface area contributed by atoms with Gasteiger partial charge in [0.05, 0.1) is 0 Å². The smallest absolute Gasteiger partial charge is 0.248 e. The molecule has 0 saturated heterocycles. The molecule has 0 fully saturated rings. The van der Waals surface area contributed by atoms with E-state index in [1.165, 1.54) is 20.8 Å². The summed E-state index contributed by atoms with van der Waals surface area (Å²) in [5.41, 5.74) is 0. The normalized spacial score (nSPS) is 9.64. The van der Waals surface area contributed by atoms with Gasteiger partial charge >= 0.3 is 0 Å². The van der Waals surface area contributed by atoms with Crippen LogP contribution in [0, 0.1) is 0 Å². The van der Waals surface area contributed by atoms with Crippen molar-refractivity contribution in [3.63, 3.8) is 0 Å². The van der Waals surface area contributed by atoms with Crippen LogP contribution in [0.2, 0.25) is 0 Å². The summed E-state index contributed by atoms with van der Waals surface area (Å²) in [6, 6.07) is 0. The molecular weight excluding hydrogens is 210 g/mol. The molecule has 66 valence electrons. The van der Waals surface area contributed by atoms with Gasteiger partial charge in [-0.25, -0.2) is 0 Å². The highest BCUT2D eigenvalue weighted by Gasteiger charge is 2.25. The van der Waals surface area contributed by atoms with Crippen LogP contribution < -0.4 is 0 Å². The number of rotatable bonds is 0. The average molecular weight is 219 g/mol. The molecule has 0 unspecified atom stereocenters. The van der Waals surface area contributed by atoms with Crippen molar-refractivity contribution < 1.29 is 9.59 Å². The van der Waals surface area contributed by atoms with Crippen LogP contribution in [-0.4, -0.2) is 15.4 Å². The van der Waals surface area contributed by atoms with E-state index in [0.29, 0.717) is 0 Å².